The van der Waals surface area contributed by atoms with E-state index in [0.717, 1.165) is 10.0 Å². The molecule has 1 atom stereocenters. The third kappa shape index (κ3) is 4.51. The molecule has 1 aromatic rings. The molecular weight excluding hydrogens is 291 g/mol. The number of amides is 1. The number of halogens is 2. The van der Waals surface area contributed by atoms with E-state index in [9.17, 15) is 4.79 Å². The Kier molecular flexibility index (Phi) is 5.25. The zero-order valence-electron chi connectivity index (χ0n) is 8.97. The van der Waals surface area contributed by atoms with Crippen LogP contribution in [0.3, 0.4) is 0 Å². The Morgan fingerprint density at radius 3 is 2.94 bits per heavy atom. The fraction of sp³-hybridized carbons (Fsp3) is 0.364. The van der Waals surface area contributed by atoms with Crippen LogP contribution in [0.15, 0.2) is 22.7 Å². The third-order valence-corrected chi connectivity index (χ3v) is 3.02. The van der Waals surface area contributed by atoms with Gasteiger partial charge < -0.3 is 11.1 Å². The fourth-order valence-corrected chi connectivity index (χ4v) is 1.93. The number of carbonyl (C=O) groups excluding carboxylic acids is 1. The Labute approximate surface area is 108 Å². The first kappa shape index (κ1) is 13.5. The van der Waals surface area contributed by atoms with Crippen molar-refractivity contribution in [1.29, 1.82) is 0 Å². The Morgan fingerprint density at radius 2 is 2.31 bits per heavy atom. The minimum absolute atomic E-state index is 0.0487. The van der Waals surface area contributed by atoms with E-state index in [1.807, 2.05) is 25.1 Å². The van der Waals surface area contributed by atoms with Gasteiger partial charge in [0.1, 0.15) is 0 Å². The normalized spacial score (nSPS) is 12.4. The van der Waals surface area contributed by atoms with Gasteiger partial charge in [-0.2, -0.15) is 0 Å². The summed E-state index contributed by atoms with van der Waals surface area (Å²) in [5.74, 6) is -0.305. The summed E-state index contributed by atoms with van der Waals surface area (Å²) < 4.78 is 0.983. The van der Waals surface area contributed by atoms with Crippen LogP contribution in [-0.2, 0) is 11.3 Å². The highest BCUT2D eigenvalue weighted by Gasteiger charge is 2.07. The molecule has 0 aliphatic rings. The number of benzene rings is 1. The molecule has 0 aromatic heterocycles. The van der Waals surface area contributed by atoms with E-state index < -0.39 is 0 Å². The fourth-order valence-electron chi connectivity index (χ4n) is 1.34. The lowest BCUT2D eigenvalue weighted by Crippen LogP contribution is -2.30. The van der Waals surface area contributed by atoms with Gasteiger partial charge in [0.25, 0.3) is 0 Å². The first-order valence-corrected chi connectivity index (χ1v) is 6.11. The summed E-state index contributed by atoms with van der Waals surface area (Å²) in [4.78, 5) is 10.7. The molecule has 0 saturated heterocycles. The lowest BCUT2D eigenvalue weighted by atomic mass is 10.2. The molecular formula is C11H14BrClN2O. The zero-order valence-corrected chi connectivity index (χ0v) is 11.3. The van der Waals surface area contributed by atoms with Gasteiger partial charge in [-0.1, -0.05) is 27.5 Å². The number of nitrogens with one attached hydrogen (secondary N) is 1. The van der Waals surface area contributed by atoms with Gasteiger partial charge in [0, 0.05) is 28.5 Å². The van der Waals surface area contributed by atoms with Gasteiger partial charge in [0.05, 0.1) is 0 Å². The van der Waals surface area contributed by atoms with Gasteiger partial charge in [-0.25, -0.2) is 0 Å². The molecule has 3 N–H and O–H groups in total. The van der Waals surface area contributed by atoms with Crippen LogP contribution < -0.4 is 11.1 Å². The SMILES string of the molecule is CC(CC(N)=O)NCc1cc(Br)ccc1Cl. The Bertz CT molecular complexity index is 384. The maximum atomic E-state index is 10.7. The number of rotatable bonds is 5. The molecule has 0 spiro atoms. The minimum Gasteiger partial charge on any atom is -0.370 e. The summed E-state index contributed by atoms with van der Waals surface area (Å²) in [5.41, 5.74) is 6.10. The predicted molar refractivity (Wildman–Crippen MR) is 69.3 cm³/mol. The summed E-state index contributed by atoms with van der Waals surface area (Å²) in [6.45, 7) is 2.53. The second-order valence-corrected chi connectivity index (χ2v) is 5.01. The predicted octanol–water partition coefficient (Wildman–Crippen LogP) is 2.46. The highest BCUT2D eigenvalue weighted by molar-refractivity contribution is 9.10. The monoisotopic (exact) mass is 304 g/mol. The van der Waals surface area contributed by atoms with Crippen molar-refractivity contribution in [2.45, 2.75) is 25.9 Å². The largest absolute Gasteiger partial charge is 0.370 e. The van der Waals surface area contributed by atoms with Gasteiger partial charge in [-0.15, -0.1) is 0 Å². The molecule has 16 heavy (non-hydrogen) atoms. The van der Waals surface area contributed by atoms with Crippen LogP contribution in [0, 0.1) is 0 Å². The maximum Gasteiger partial charge on any atom is 0.218 e. The number of primary amides is 1. The molecule has 5 heteroatoms. The van der Waals surface area contributed by atoms with Crippen LogP contribution in [0.25, 0.3) is 0 Å². The smallest absolute Gasteiger partial charge is 0.218 e. The minimum atomic E-state index is -0.305. The lowest BCUT2D eigenvalue weighted by Gasteiger charge is -2.12. The molecule has 0 aliphatic carbocycles. The molecule has 1 rings (SSSR count). The molecule has 1 aromatic carbocycles. The van der Waals surface area contributed by atoms with E-state index in [1.54, 1.807) is 0 Å². The van der Waals surface area contributed by atoms with Crippen molar-refractivity contribution >= 4 is 33.4 Å². The Balaban J connectivity index is 2.54. The van der Waals surface area contributed by atoms with Crippen LogP contribution in [0.2, 0.25) is 5.02 Å². The number of nitrogens with two attached hydrogens (primary N) is 1. The summed E-state index contributed by atoms with van der Waals surface area (Å²) in [7, 11) is 0. The molecule has 0 fully saturated rings. The summed E-state index contributed by atoms with van der Waals surface area (Å²) in [6, 6.07) is 5.72. The van der Waals surface area contributed by atoms with Crippen molar-refractivity contribution in [1.82, 2.24) is 5.32 Å². The average molecular weight is 306 g/mol. The topological polar surface area (TPSA) is 55.1 Å². The molecule has 0 heterocycles. The number of hydrogen-bond donors (Lipinski definition) is 2. The number of hydrogen-bond acceptors (Lipinski definition) is 2. The summed E-state index contributed by atoms with van der Waals surface area (Å²) in [6.07, 6.45) is 0.325. The highest BCUT2D eigenvalue weighted by Crippen LogP contribution is 2.20. The van der Waals surface area contributed by atoms with Crippen LogP contribution >= 0.6 is 27.5 Å². The quantitative estimate of drug-likeness (QED) is 0.878. The van der Waals surface area contributed by atoms with Gasteiger partial charge >= 0.3 is 0 Å². The average Bonchev–Trinajstić information content (AvgIpc) is 2.18. The Morgan fingerprint density at radius 1 is 1.62 bits per heavy atom. The van der Waals surface area contributed by atoms with Crippen molar-refractivity contribution < 1.29 is 4.79 Å². The van der Waals surface area contributed by atoms with E-state index in [2.05, 4.69) is 21.2 Å². The van der Waals surface area contributed by atoms with Crippen LogP contribution in [0.4, 0.5) is 0 Å². The molecule has 0 aliphatic heterocycles. The second kappa shape index (κ2) is 6.23. The van der Waals surface area contributed by atoms with Crippen molar-refractivity contribution in [2.24, 2.45) is 5.73 Å². The molecule has 0 saturated carbocycles. The first-order chi connectivity index (χ1) is 7.49. The maximum absolute atomic E-state index is 10.7. The zero-order chi connectivity index (χ0) is 12.1. The van der Waals surface area contributed by atoms with E-state index in [-0.39, 0.29) is 11.9 Å². The van der Waals surface area contributed by atoms with E-state index in [0.29, 0.717) is 18.0 Å². The van der Waals surface area contributed by atoms with Gasteiger partial charge in [0.2, 0.25) is 5.91 Å². The van der Waals surface area contributed by atoms with Crippen molar-refractivity contribution in [3.05, 3.63) is 33.3 Å². The summed E-state index contributed by atoms with van der Waals surface area (Å²) in [5, 5.41) is 3.90. The van der Waals surface area contributed by atoms with Gasteiger partial charge in [-0.05, 0) is 30.7 Å². The highest BCUT2D eigenvalue weighted by atomic mass is 79.9. The van der Waals surface area contributed by atoms with Gasteiger partial charge in [0.15, 0.2) is 0 Å². The van der Waals surface area contributed by atoms with Crippen LogP contribution in [0.1, 0.15) is 18.9 Å². The lowest BCUT2D eigenvalue weighted by molar-refractivity contribution is -0.118. The molecule has 0 bridgehead atoms. The van der Waals surface area contributed by atoms with Crippen molar-refractivity contribution in [3.8, 4) is 0 Å². The van der Waals surface area contributed by atoms with Crippen LogP contribution in [0.5, 0.6) is 0 Å². The van der Waals surface area contributed by atoms with Crippen molar-refractivity contribution in [2.75, 3.05) is 0 Å². The second-order valence-electron chi connectivity index (χ2n) is 3.69. The molecule has 0 radical (unpaired) electrons. The standard InChI is InChI=1S/C11H14BrClN2O/c1-7(4-11(14)16)15-6-8-5-9(12)2-3-10(8)13/h2-3,5,7,15H,4,6H2,1H3,(H2,14,16). The van der Waals surface area contributed by atoms with E-state index in [1.165, 1.54) is 0 Å². The van der Waals surface area contributed by atoms with E-state index in [4.69, 9.17) is 17.3 Å². The Hall–Kier alpha value is -0.580. The van der Waals surface area contributed by atoms with Crippen LogP contribution in [-0.4, -0.2) is 11.9 Å². The molecule has 3 nitrogen and oxygen atoms in total. The molecule has 1 amide bonds. The summed E-state index contributed by atoms with van der Waals surface area (Å²) >= 11 is 9.42. The van der Waals surface area contributed by atoms with E-state index >= 15 is 0 Å². The van der Waals surface area contributed by atoms with Gasteiger partial charge in [-0.3, -0.25) is 4.79 Å². The number of carbonyl (C=O) groups is 1. The van der Waals surface area contributed by atoms with Crippen molar-refractivity contribution in [3.63, 3.8) is 0 Å². The third-order valence-electron chi connectivity index (χ3n) is 2.16. The molecule has 1 unspecified atom stereocenters. The molecule has 88 valence electrons. The first-order valence-electron chi connectivity index (χ1n) is 4.94.